The number of nitriles is 1. The summed E-state index contributed by atoms with van der Waals surface area (Å²) in [5, 5.41) is 9.35. The standard InChI is InChI=1S/C58H61N6O6P/c1-42(2)64(43(3)4)71(69-37-19-36-59)70-41-44-38-45(55(65)60-62-57(47-20-11-7-12-21-47,48-22-13-8-14-23-48)51-28-32-53(67-5)33-29-51)40-46(39-44)56(66)61-63-58(49-24-15-9-16-25-49,50-26-17-10-18-27-50)52-30-34-54(68-6)35-31-52/h7-18,20-35,38-40,42-43,62-63H,19,37,41H2,1-6H3,(H,60,65)(H,61,66). The van der Waals surface area contributed by atoms with E-state index in [4.69, 9.17) is 18.5 Å². The number of nitrogens with zero attached hydrogens (tertiary/aromatic N) is 2. The maximum absolute atomic E-state index is 14.9. The average molecular weight is 969 g/mol. The van der Waals surface area contributed by atoms with Crippen molar-refractivity contribution < 1.29 is 28.1 Å². The van der Waals surface area contributed by atoms with Gasteiger partial charge in [-0.15, -0.1) is 0 Å². The van der Waals surface area contributed by atoms with Gasteiger partial charge in [-0.05, 0) is 109 Å². The van der Waals surface area contributed by atoms with Crippen LogP contribution in [0.25, 0.3) is 0 Å². The minimum Gasteiger partial charge on any atom is -0.497 e. The Kier molecular flexibility index (Phi) is 17.9. The van der Waals surface area contributed by atoms with Crippen LogP contribution < -0.4 is 31.2 Å². The number of rotatable bonds is 23. The Morgan fingerprint density at radius 1 is 0.535 bits per heavy atom. The molecule has 13 heteroatoms. The van der Waals surface area contributed by atoms with Gasteiger partial charge in [-0.25, -0.2) is 15.5 Å². The summed E-state index contributed by atoms with van der Waals surface area (Å²) < 4.78 is 26.0. The highest BCUT2D eigenvalue weighted by molar-refractivity contribution is 7.44. The van der Waals surface area contributed by atoms with E-state index in [9.17, 15) is 14.9 Å². The third kappa shape index (κ3) is 12.1. The largest absolute Gasteiger partial charge is 0.497 e. The molecular weight excluding hydrogens is 908 g/mol. The number of methoxy groups -OCH3 is 2. The van der Waals surface area contributed by atoms with E-state index in [1.165, 1.54) is 0 Å². The summed E-state index contributed by atoms with van der Waals surface area (Å²) in [5.74, 6) is 0.367. The number of hydrazine groups is 2. The Labute approximate surface area is 418 Å². The molecule has 0 aliphatic heterocycles. The number of carbonyl (C=O) groups is 2. The van der Waals surface area contributed by atoms with Gasteiger partial charge in [0.05, 0.1) is 39.9 Å². The number of benzene rings is 7. The maximum atomic E-state index is 14.9. The lowest BCUT2D eigenvalue weighted by Gasteiger charge is -2.37. The van der Waals surface area contributed by atoms with E-state index in [0.717, 1.165) is 33.4 Å². The van der Waals surface area contributed by atoms with Crippen LogP contribution in [0.4, 0.5) is 0 Å². The second-order valence-corrected chi connectivity index (χ2v) is 18.8. The van der Waals surface area contributed by atoms with Crippen molar-refractivity contribution in [2.75, 3.05) is 20.8 Å². The molecule has 2 amide bonds. The lowest BCUT2D eigenvalue weighted by molar-refractivity contribution is 0.0918. The van der Waals surface area contributed by atoms with Crippen LogP contribution in [-0.4, -0.2) is 49.4 Å². The predicted molar refractivity (Wildman–Crippen MR) is 279 cm³/mol. The number of hydrogen-bond donors (Lipinski definition) is 4. The van der Waals surface area contributed by atoms with Crippen molar-refractivity contribution in [3.63, 3.8) is 0 Å². The van der Waals surface area contributed by atoms with Crippen LogP contribution in [0.3, 0.4) is 0 Å². The first-order valence-electron chi connectivity index (χ1n) is 23.5. The number of ether oxygens (including phenoxy) is 2. The molecule has 0 aliphatic carbocycles. The molecule has 7 aromatic rings. The Bertz CT molecular complexity index is 2580. The van der Waals surface area contributed by atoms with Crippen LogP contribution in [0.5, 0.6) is 11.5 Å². The molecule has 7 rings (SSSR count). The molecule has 0 heterocycles. The lowest BCUT2D eigenvalue weighted by atomic mass is 9.77. The van der Waals surface area contributed by atoms with Crippen LogP contribution in [0.1, 0.15) is 93.8 Å². The van der Waals surface area contributed by atoms with Crippen molar-refractivity contribution in [3.8, 4) is 17.6 Å². The summed E-state index contributed by atoms with van der Waals surface area (Å²) in [6.07, 6.45) is 0.195. The molecule has 0 saturated heterocycles. The number of nitrogens with one attached hydrogen (secondary N) is 4. The summed E-state index contributed by atoms with van der Waals surface area (Å²) in [7, 11) is 1.59. The second-order valence-electron chi connectivity index (χ2n) is 17.3. The summed E-state index contributed by atoms with van der Waals surface area (Å²) >= 11 is 0. The Morgan fingerprint density at radius 3 is 1.21 bits per heavy atom. The Balaban J connectivity index is 1.30. The van der Waals surface area contributed by atoms with E-state index in [1.807, 2.05) is 170 Å². The van der Waals surface area contributed by atoms with Gasteiger partial charge in [-0.1, -0.05) is 146 Å². The molecular formula is C58H61N6O6P. The van der Waals surface area contributed by atoms with Gasteiger partial charge in [0.2, 0.25) is 0 Å². The fourth-order valence-corrected chi connectivity index (χ4v) is 10.4. The molecule has 0 spiro atoms. The highest BCUT2D eigenvalue weighted by Gasteiger charge is 2.39. The highest BCUT2D eigenvalue weighted by atomic mass is 31.2. The molecule has 1 atom stereocenters. The quantitative estimate of drug-likeness (QED) is 0.0211. The van der Waals surface area contributed by atoms with E-state index in [2.05, 4.69) is 60.1 Å². The smallest absolute Gasteiger partial charge is 0.265 e. The summed E-state index contributed by atoms with van der Waals surface area (Å²) in [5.41, 5.74) is 17.0. The van der Waals surface area contributed by atoms with Gasteiger partial charge in [0, 0.05) is 23.2 Å². The molecule has 4 N–H and O–H groups in total. The first-order chi connectivity index (χ1) is 34.5. The Hall–Kier alpha value is -7.20. The SMILES string of the molecule is COc1ccc(C(NNC(=O)c2cc(COP(OCCC#N)N(C(C)C)C(C)C)cc(C(=O)NNC(c3ccccc3)(c3ccccc3)c3ccc(OC)cc3)c2)(c2ccccc2)c2ccccc2)cc1. The van der Waals surface area contributed by atoms with Crippen molar-refractivity contribution in [2.24, 2.45) is 0 Å². The lowest BCUT2D eigenvalue weighted by Crippen LogP contribution is -2.54. The minimum absolute atomic E-state index is 0.00983. The van der Waals surface area contributed by atoms with Gasteiger partial charge < -0.3 is 18.5 Å². The normalized spacial score (nSPS) is 12.1. The fourth-order valence-electron chi connectivity index (χ4n) is 8.79. The highest BCUT2D eigenvalue weighted by Crippen LogP contribution is 2.47. The first-order valence-corrected chi connectivity index (χ1v) is 24.7. The molecule has 364 valence electrons. The predicted octanol–water partition coefficient (Wildman–Crippen LogP) is 10.9. The second kappa shape index (κ2) is 24.6. The molecule has 0 radical (unpaired) electrons. The molecule has 12 nitrogen and oxygen atoms in total. The summed E-state index contributed by atoms with van der Waals surface area (Å²) in [6.45, 7) is 8.43. The third-order valence-electron chi connectivity index (χ3n) is 12.1. The zero-order valence-electron chi connectivity index (χ0n) is 41.0. The average Bonchev–Trinajstić information content (AvgIpc) is 3.41. The first kappa shape index (κ1) is 51.6. The van der Waals surface area contributed by atoms with Gasteiger partial charge in [-0.2, -0.15) is 5.26 Å². The van der Waals surface area contributed by atoms with Gasteiger partial charge in [0.15, 0.2) is 0 Å². The van der Waals surface area contributed by atoms with Gasteiger partial charge in [0.1, 0.15) is 22.6 Å². The Morgan fingerprint density at radius 2 is 0.887 bits per heavy atom. The zero-order valence-corrected chi connectivity index (χ0v) is 41.9. The fraction of sp³-hybridized carbons (Fsp3) is 0.224. The van der Waals surface area contributed by atoms with Gasteiger partial charge >= 0.3 is 0 Å². The van der Waals surface area contributed by atoms with Crippen molar-refractivity contribution in [1.82, 2.24) is 26.4 Å². The summed E-state index contributed by atoms with van der Waals surface area (Å²) in [4.78, 5) is 29.8. The third-order valence-corrected chi connectivity index (χ3v) is 14.2. The zero-order chi connectivity index (χ0) is 50.2. The van der Waals surface area contributed by atoms with Crippen molar-refractivity contribution in [2.45, 2.75) is 63.9 Å². The monoisotopic (exact) mass is 968 g/mol. The van der Waals surface area contributed by atoms with Crippen LogP contribution >= 0.6 is 8.53 Å². The van der Waals surface area contributed by atoms with Crippen LogP contribution in [0.15, 0.2) is 188 Å². The van der Waals surface area contributed by atoms with Crippen LogP contribution in [0, 0.1) is 11.3 Å². The minimum atomic E-state index is -1.66. The van der Waals surface area contributed by atoms with E-state index < -0.39 is 31.4 Å². The van der Waals surface area contributed by atoms with Crippen molar-refractivity contribution in [3.05, 3.63) is 238 Å². The number of amides is 2. The van der Waals surface area contributed by atoms with Crippen molar-refractivity contribution >= 4 is 20.3 Å². The molecule has 0 saturated carbocycles. The van der Waals surface area contributed by atoms with Gasteiger partial charge in [-0.3, -0.25) is 20.4 Å². The molecule has 71 heavy (non-hydrogen) atoms. The van der Waals surface area contributed by atoms with Crippen LogP contribution in [0.2, 0.25) is 0 Å². The van der Waals surface area contributed by atoms with E-state index >= 15 is 0 Å². The molecule has 7 aromatic carbocycles. The topological polar surface area (TPSA) is 146 Å². The number of carbonyl (C=O) groups excluding carboxylic acids is 2. The van der Waals surface area contributed by atoms with Crippen molar-refractivity contribution in [1.29, 1.82) is 5.26 Å². The van der Waals surface area contributed by atoms with E-state index in [-0.39, 0.29) is 42.8 Å². The molecule has 0 fully saturated rings. The molecule has 0 aromatic heterocycles. The number of hydrogen-bond acceptors (Lipinski definition) is 10. The molecule has 0 bridgehead atoms. The van der Waals surface area contributed by atoms with E-state index in [1.54, 1.807) is 32.4 Å². The maximum Gasteiger partial charge on any atom is 0.265 e. The van der Waals surface area contributed by atoms with Gasteiger partial charge in [0.25, 0.3) is 20.3 Å². The van der Waals surface area contributed by atoms with E-state index in [0.29, 0.717) is 17.1 Å². The summed E-state index contributed by atoms with van der Waals surface area (Å²) in [6, 6.07) is 62.2. The molecule has 1 unspecified atom stereocenters. The van der Waals surface area contributed by atoms with Crippen LogP contribution in [-0.2, 0) is 26.7 Å². The molecule has 0 aliphatic rings.